The number of halogens is 1. The molecule has 0 saturated carbocycles. The second-order valence-corrected chi connectivity index (χ2v) is 6.71. The van der Waals surface area contributed by atoms with Crippen LogP contribution < -0.4 is 4.74 Å². The number of thioether (sulfide) groups is 1. The van der Waals surface area contributed by atoms with Crippen LogP contribution in [0.4, 0.5) is 4.39 Å². The third-order valence-corrected chi connectivity index (χ3v) is 4.56. The molecule has 6 nitrogen and oxygen atoms in total. The summed E-state index contributed by atoms with van der Waals surface area (Å²) in [6.45, 7) is 1.58. The Kier molecular flexibility index (Phi) is 6.20. The van der Waals surface area contributed by atoms with Gasteiger partial charge >= 0.3 is 0 Å². The van der Waals surface area contributed by atoms with Gasteiger partial charge in [0.1, 0.15) is 18.2 Å². The number of nitrogens with zero attached hydrogens (tertiary/aromatic N) is 2. The van der Waals surface area contributed by atoms with Crippen LogP contribution in [0.2, 0.25) is 0 Å². The Balaban J connectivity index is 1.47. The monoisotopic (exact) mass is 388 g/mol. The van der Waals surface area contributed by atoms with Crippen molar-refractivity contribution < 1.29 is 23.4 Å². The molecule has 8 heteroatoms. The van der Waals surface area contributed by atoms with Crippen LogP contribution in [-0.2, 0) is 0 Å². The molecule has 27 heavy (non-hydrogen) atoms. The molecule has 0 aliphatic rings. The Labute approximate surface area is 159 Å². The van der Waals surface area contributed by atoms with E-state index in [0.29, 0.717) is 27.9 Å². The molecule has 1 atom stereocenters. The third kappa shape index (κ3) is 5.38. The van der Waals surface area contributed by atoms with Crippen molar-refractivity contribution in [3.63, 3.8) is 0 Å². The molecule has 0 radical (unpaired) electrons. The van der Waals surface area contributed by atoms with Crippen LogP contribution in [0.1, 0.15) is 17.3 Å². The minimum absolute atomic E-state index is 0.0162. The number of Topliss-reactive ketones (excluding diaryl/α,β-unsaturated/α-hetero) is 1. The summed E-state index contributed by atoms with van der Waals surface area (Å²) in [6, 6.07) is 12.5. The molecular weight excluding hydrogens is 371 g/mol. The first kappa shape index (κ1) is 19.1. The second-order valence-electron chi connectivity index (χ2n) is 5.74. The predicted molar refractivity (Wildman–Crippen MR) is 98.4 cm³/mol. The summed E-state index contributed by atoms with van der Waals surface area (Å²) in [5.74, 6) is 0.801. The number of hydrogen-bond acceptors (Lipinski definition) is 7. The Bertz CT molecular complexity index is 897. The summed E-state index contributed by atoms with van der Waals surface area (Å²) < 4.78 is 23.9. The molecule has 0 amide bonds. The van der Waals surface area contributed by atoms with Crippen LogP contribution in [0.3, 0.4) is 0 Å². The van der Waals surface area contributed by atoms with E-state index < -0.39 is 6.10 Å². The van der Waals surface area contributed by atoms with E-state index in [9.17, 15) is 14.3 Å². The lowest BCUT2D eigenvalue weighted by molar-refractivity contribution is 0.101. The van der Waals surface area contributed by atoms with Crippen molar-refractivity contribution in [3.8, 4) is 17.2 Å². The predicted octanol–water partition coefficient (Wildman–Crippen LogP) is 3.61. The van der Waals surface area contributed by atoms with Gasteiger partial charge in [-0.05, 0) is 55.5 Å². The highest BCUT2D eigenvalue weighted by Crippen LogP contribution is 2.24. The van der Waals surface area contributed by atoms with Crippen LogP contribution >= 0.6 is 11.8 Å². The van der Waals surface area contributed by atoms with E-state index in [1.807, 2.05) is 0 Å². The highest BCUT2D eigenvalue weighted by Gasteiger charge is 2.12. The van der Waals surface area contributed by atoms with Crippen molar-refractivity contribution in [1.29, 1.82) is 0 Å². The van der Waals surface area contributed by atoms with Gasteiger partial charge in [-0.1, -0.05) is 11.8 Å². The van der Waals surface area contributed by atoms with E-state index >= 15 is 0 Å². The fraction of sp³-hybridized carbons (Fsp3) is 0.211. The maximum atomic E-state index is 12.9. The number of aromatic nitrogens is 2. The lowest BCUT2D eigenvalue weighted by Gasteiger charge is -2.11. The first-order valence-electron chi connectivity index (χ1n) is 8.15. The van der Waals surface area contributed by atoms with E-state index in [2.05, 4.69) is 10.2 Å². The summed E-state index contributed by atoms with van der Waals surface area (Å²) in [5, 5.41) is 18.2. The molecule has 0 fully saturated rings. The Morgan fingerprint density at radius 3 is 2.56 bits per heavy atom. The van der Waals surface area contributed by atoms with Crippen LogP contribution in [0.5, 0.6) is 5.75 Å². The fourth-order valence-electron chi connectivity index (χ4n) is 2.17. The standard InChI is InChI=1S/C19H17FN2O4S/c1-12(23)13-4-8-17(9-5-13)25-10-16(24)11-27-19-22-21-18(26-19)14-2-6-15(20)7-3-14/h2-9,16,24H,10-11H2,1H3/t16-/m1/s1. The molecule has 0 unspecified atom stereocenters. The second kappa shape index (κ2) is 8.79. The van der Waals surface area contributed by atoms with Gasteiger partial charge in [0.2, 0.25) is 5.89 Å². The zero-order valence-corrected chi connectivity index (χ0v) is 15.3. The van der Waals surface area contributed by atoms with Gasteiger partial charge in [-0.3, -0.25) is 4.79 Å². The highest BCUT2D eigenvalue weighted by molar-refractivity contribution is 7.99. The largest absolute Gasteiger partial charge is 0.491 e. The molecule has 0 spiro atoms. The quantitative estimate of drug-likeness (QED) is 0.466. The number of carbonyl (C=O) groups excluding carboxylic acids is 1. The van der Waals surface area contributed by atoms with Gasteiger partial charge in [-0.15, -0.1) is 10.2 Å². The van der Waals surface area contributed by atoms with Crippen molar-refractivity contribution in [2.24, 2.45) is 0 Å². The molecule has 3 rings (SSSR count). The molecule has 0 bridgehead atoms. The summed E-state index contributed by atoms with van der Waals surface area (Å²) in [7, 11) is 0. The number of hydrogen-bond donors (Lipinski definition) is 1. The number of ether oxygens (including phenoxy) is 1. The molecule has 1 heterocycles. The summed E-state index contributed by atoms with van der Waals surface area (Å²) in [5.41, 5.74) is 1.22. The molecule has 0 aliphatic heterocycles. The zero-order chi connectivity index (χ0) is 19.2. The average molecular weight is 388 g/mol. The third-order valence-electron chi connectivity index (χ3n) is 3.60. The van der Waals surface area contributed by atoms with Crippen LogP contribution in [0.25, 0.3) is 11.5 Å². The molecular formula is C19H17FN2O4S. The van der Waals surface area contributed by atoms with Crippen molar-refractivity contribution in [2.45, 2.75) is 18.3 Å². The van der Waals surface area contributed by atoms with Crippen molar-refractivity contribution in [2.75, 3.05) is 12.4 Å². The van der Waals surface area contributed by atoms with Gasteiger partial charge in [0.05, 0.1) is 6.10 Å². The summed E-state index contributed by atoms with van der Waals surface area (Å²) in [4.78, 5) is 11.2. The van der Waals surface area contributed by atoms with Crippen molar-refractivity contribution in [1.82, 2.24) is 10.2 Å². The SMILES string of the molecule is CC(=O)c1ccc(OC[C@@H](O)CSc2nnc(-c3ccc(F)cc3)o2)cc1. The molecule has 1 aromatic heterocycles. The first-order valence-corrected chi connectivity index (χ1v) is 9.14. The molecule has 0 aliphatic carbocycles. The van der Waals surface area contributed by atoms with Gasteiger partial charge in [0.25, 0.3) is 5.22 Å². The smallest absolute Gasteiger partial charge is 0.276 e. The summed E-state index contributed by atoms with van der Waals surface area (Å²) >= 11 is 1.20. The van der Waals surface area contributed by atoms with Gasteiger partial charge < -0.3 is 14.3 Å². The number of aliphatic hydroxyl groups is 1. The van der Waals surface area contributed by atoms with Gasteiger partial charge in [0, 0.05) is 16.9 Å². The number of rotatable bonds is 8. The van der Waals surface area contributed by atoms with Crippen molar-refractivity contribution >= 4 is 17.5 Å². The molecule has 140 valence electrons. The topological polar surface area (TPSA) is 85.5 Å². The Morgan fingerprint density at radius 2 is 1.89 bits per heavy atom. The average Bonchev–Trinajstić information content (AvgIpc) is 3.14. The zero-order valence-electron chi connectivity index (χ0n) is 14.5. The number of aliphatic hydroxyl groups excluding tert-OH is 1. The first-order chi connectivity index (χ1) is 13.0. The highest BCUT2D eigenvalue weighted by atomic mass is 32.2. The van der Waals surface area contributed by atoms with E-state index in [0.717, 1.165) is 0 Å². The fourth-order valence-corrected chi connectivity index (χ4v) is 2.84. The number of carbonyl (C=O) groups is 1. The number of ketones is 1. The van der Waals surface area contributed by atoms with E-state index in [1.54, 1.807) is 36.4 Å². The summed E-state index contributed by atoms with van der Waals surface area (Å²) in [6.07, 6.45) is -0.747. The lowest BCUT2D eigenvalue weighted by Crippen LogP contribution is -2.20. The maximum Gasteiger partial charge on any atom is 0.276 e. The van der Waals surface area contributed by atoms with E-state index in [-0.39, 0.29) is 24.1 Å². The van der Waals surface area contributed by atoms with Crippen LogP contribution in [-0.4, -0.2) is 39.6 Å². The molecule has 2 aromatic carbocycles. The molecule has 1 N–H and O–H groups in total. The molecule has 0 saturated heterocycles. The van der Waals surface area contributed by atoms with Gasteiger partial charge in [-0.2, -0.15) is 0 Å². The van der Waals surface area contributed by atoms with E-state index in [1.165, 1.54) is 30.8 Å². The maximum absolute atomic E-state index is 12.9. The van der Waals surface area contributed by atoms with E-state index in [4.69, 9.17) is 9.15 Å². The molecule has 3 aromatic rings. The minimum Gasteiger partial charge on any atom is -0.491 e. The van der Waals surface area contributed by atoms with Crippen LogP contribution in [0.15, 0.2) is 58.2 Å². The van der Waals surface area contributed by atoms with Crippen LogP contribution in [0, 0.1) is 5.82 Å². The lowest BCUT2D eigenvalue weighted by atomic mass is 10.1. The number of benzene rings is 2. The van der Waals surface area contributed by atoms with Crippen molar-refractivity contribution in [3.05, 3.63) is 59.9 Å². The normalized spacial score (nSPS) is 12.0. The van der Waals surface area contributed by atoms with Gasteiger partial charge in [0.15, 0.2) is 5.78 Å². The minimum atomic E-state index is -0.747. The Hall–Kier alpha value is -2.71. The van der Waals surface area contributed by atoms with Gasteiger partial charge in [-0.25, -0.2) is 4.39 Å². The Morgan fingerprint density at radius 1 is 1.19 bits per heavy atom.